The second kappa shape index (κ2) is 6.44. The molecule has 0 saturated heterocycles. The van der Waals surface area contributed by atoms with Gasteiger partial charge in [-0.05, 0) is 31.2 Å². The zero-order valence-electron chi connectivity index (χ0n) is 10.2. The Hall–Kier alpha value is -0.0400. The first-order valence-electron chi connectivity index (χ1n) is 6.56. The third-order valence-electron chi connectivity index (χ3n) is 3.92. The van der Waals surface area contributed by atoms with Gasteiger partial charge in [-0.3, -0.25) is 0 Å². The Balaban J connectivity index is 2.51. The zero-order chi connectivity index (χ0) is 10.4. The molecule has 1 N–H and O–H groups in total. The molecule has 1 rings (SSSR count). The molecule has 1 aliphatic carbocycles. The first-order chi connectivity index (χ1) is 6.83. The van der Waals surface area contributed by atoms with Crippen molar-refractivity contribution in [2.24, 2.45) is 11.8 Å². The van der Waals surface area contributed by atoms with Crippen LogP contribution >= 0.6 is 0 Å². The van der Waals surface area contributed by atoms with Gasteiger partial charge >= 0.3 is 0 Å². The topological polar surface area (TPSA) is 12.0 Å². The molecule has 0 aromatic carbocycles. The summed E-state index contributed by atoms with van der Waals surface area (Å²) >= 11 is 0. The first kappa shape index (κ1) is 12.0. The fraction of sp³-hybridized carbons (Fsp3) is 1.00. The summed E-state index contributed by atoms with van der Waals surface area (Å²) in [5.74, 6) is 1.95. The predicted molar refractivity (Wildman–Crippen MR) is 63.5 cm³/mol. The number of nitrogens with one attached hydrogen (secondary N) is 1. The molecule has 0 aromatic heterocycles. The van der Waals surface area contributed by atoms with E-state index in [1.165, 1.54) is 38.5 Å². The normalized spacial score (nSPS) is 30.2. The zero-order valence-corrected chi connectivity index (χ0v) is 10.2. The van der Waals surface area contributed by atoms with Crippen molar-refractivity contribution in [2.45, 2.75) is 65.3 Å². The molecular formula is C13H27N. The highest BCUT2D eigenvalue weighted by atomic mass is 14.9. The summed E-state index contributed by atoms with van der Waals surface area (Å²) in [4.78, 5) is 0. The first-order valence-corrected chi connectivity index (χ1v) is 6.56. The largest absolute Gasteiger partial charge is 0.314 e. The molecule has 0 spiro atoms. The minimum atomic E-state index is 0.783. The maximum Gasteiger partial charge on any atom is 0.00952 e. The number of hydrogen-bond donors (Lipinski definition) is 1. The van der Waals surface area contributed by atoms with Crippen molar-refractivity contribution in [2.75, 3.05) is 6.54 Å². The molecule has 1 saturated carbocycles. The Labute approximate surface area is 89.7 Å². The lowest BCUT2D eigenvalue weighted by molar-refractivity contribution is 0.173. The highest BCUT2D eigenvalue weighted by Gasteiger charge is 2.28. The van der Waals surface area contributed by atoms with E-state index in [2.05, 4.69) is 26.1 Å². The molecule has 0 aliphatic heterocycles. The van der Waals surface area contributed by atoms with Crippen molar-refractivity contribution >= 4 is 0 Å². The van der Waals surface area contributed by atoms with Gasteiger partial charge in [0.1, 0.15) is 0 Å². The Bertz CT molecular complexity index is 144. The SMILES string of the molecule is CCNC(CC)C1CCCCC1CC. The Kier molecular flexibility index (Phi) is 5.54. The van der Waals surface area contributed by atoms with Gasteiger partial charge in [0, 0.05) is 6.04 Å². The predicted octanol–water partition coefficient (Wildman–Crippen LogP) is 3.59. The van der Waals surface area contributed by atoms with Crippen molar-refractivity contribution in [3.63, 3.8) is 0 Å². The van der Waals surface area contributed by atoms with E-state index in [0.717, 1.165) is 24.4 Å². The Morgan fingerprint density at radius 3 is 2.43 bits per heavy atom. The molecule has 1 aliphatic rings. The molecule has 0 amide bonds. The third-order valence-corrected chi connectivity index (χ3v) is 3.92. The Morgan fingerprint density at radius 2 is 1.86 bits per heavy atom. The van der Waals surface area contributed by atoms with Gasteiger partial charge in [0.15, 0.2) is 0 Å². The summed E-state index contributed by atoms with van der Waals surface area (Å²) in [6.45, 7) is 8.05. The van der Waals surface area contributed by atoms with E-state index in [4.69, 9.17) is 0 Å². The quantitative estimate of drug-likeness (QED) is 0.710. The van der Waals surface area contributed by atoms with Gasteiger partial charge in [-0.2, -0.15) is 0 Å². The highest BCUT2D eigenvalue weighted by Crippen LogP contribution is 2.35. The molecule has 0 radical (unpaired) electrons. The minimum Gasteiger partial charge on any atom is -0.314 e. The lowest BCUT2D eigenvalue weighted by Crippen LogP contribution is -2.40. The summed E-state index contributed by atoms with van der Waals surface area (Å²) in [7, 11) is 0. The standard InChI is InChI=1S/C13H27N/c1-4-11-9-7-8-10-12(11)13(5-2)14-6-3/h11-14H,4-10H2,1-3H3. The van der Waals surface area contributed by atoms with Crippen molar-refractivity contribution in [3.05, 3.63) is 0 Å². The van der Waals surface area contributed by atoms with E-state index in [9.17, 15) is 0 Å². The van der Waals surface area contributed by atoms with Crippen LogP contribution in [0.3, 0.4) is 0 Å². The molecule has 3 atom stereocenters. The van der Waals surface area contributed by atoms with Crippen LogP contribution in [-0.2, 0) is 0 Å². The van der Waals surface area contributed by atoms with Crippen LogP contribution in [0.15, 0.2) is 0 Å². The van der Waals surface area contributed by atoms with E-state index in [0.29, 0.717) is 0 Å². The van der Waals surface area contributed by atoms with Crippen LogP contribution in [0.5, 0.6) is 0 Å². The van der Waals surface area contributed by atoms with Gasteiger partial charge < -0.3 is 5.32 Å². The molecule has 1 fully saturated rings. The summed E-state index contributed by atoms with van der Waals surface area (Å²) in [6, 6.07) is 0.783. The molecule has 3 unspecified atom stereocenters. The van der Waals surface area contributed by atoms with Gasteiger partial charge in [-0.1, -0.05) is 46.5 Å². The summed E-state index contributed by atoms with van der Waals surface area (Å²) in [5, 5.41) is 3.67. The fourth-order valence-corrected chi connectivity index (χ4v) is 3.13. The average molecular weight is 197 g/mol. The average Bonchev–Trinajstić information content (AvgIpc) is 2.26. The van der Waals surface area contributed by atoms with Crippen LogP contribution < -0.4 is 5.32 Å². The van der Waals surface area contributed by atoms with E-state index in [1.54, 1.807) is 0 Å². The second-order valence-electron chi connectivity index (χ2n) is 4.69. The van der Waals surface area contributed by atoms with Crippen molar-refractivity contribution < 1.29 is 0 Å². The van der Waals surface area contributed by atoms with Gasteiger partial charge in [0.25, 0.3) is 0 Å². The lowest BCUT2D eigenvalue weighted by Gasteiger charge is -2.37. The third kappa shape index (κ3) is 2.98. The number of hydrogen-bond acceptors (Lipinski definition) is 1. The highest BCUT2D eigenvalue weighted by molar-refractivity contribution is 4.83. The molecule has 14 heavy (non-hydrogen) atoms. The van der Waals surface area contributed by atoms with Crippen molar-refractivity contribution in [1.29, 1.82) is 0 Å². The van der Waals surface area contributed by atoms with E-state index >= 15 is 0 Å². The van der Waals surface area contributed by atoms with Crippen LogP contribution in [0, 0.1) is 11.8 Å². The lowest BCUT2D eigenvalue weighted by atomic mass is 9.73. The van der Waals surface area contributed by atoms with Gasteiger partial charge in [-0.25, -0.2) is 0 Å². The van der Waals surface area contributed by atoms with E-state index in [-0.39, 0.29) is 0 Å². The number of rotatable bonds is 5. The van der Waals surface area contributed by atoms with E-state index < -0.39 is 0 Å². The molecule has 1 heteroatoms. The molecular weight excluding hydrogens is 170 g/mol. The van der Waals surface area contributed by atoms with Gasteiger partial charge in [0.2, 0.25) is 0 Å². The molecule has 0 aromatic rings. The summed E-state index contributed by atoms with van der Waals surface area (Å²) < 4.78 is 0. The van der Waals surface area contributed by atoms with Gasteiger partial charge in [0.05, 0.1) is 0 Å². The maximum absolute atomic E-state index is 3.67. The fourth-order valence-electron chi connectivity index (χ4n) is 3.13. The smallest absolute Gasteiger partial charge is 0.00952 e. The second-order valence-corrected chi connectivity index (χ2v) is 4.69. The molecule has 0 heterocycles. The monoisotopic (exact) mass is 197 g/mol. The van der Waals surface area contributed by atoms with E-state index in [1.807, 2.05) is 0 Å². The van der Waals surface area contributed by atoms with Crippen molar-refractivity contribution in [1.82, 2.24) is 5.32 Å². The molecule has 84 valence electrons. The Morgan fingerprint density at radius 1 is 1.14 bits per heavy atom. The van der Waals surface area contributed by atoms with Crippen LogP contribution in [0.4, 0.5) is 0 Å². The minimum absolute atomic E-state index is 0.783. The van der Waals surface area contributed by atoms with Crippen LogP contribution in [0.1, 0.15) is 59.3 Å². The van der Waals surface area contributed by atoms with Crippen LogP contribution in [0.2, 0.25) is 0 Å². The van der Waals surface area contributed by atoms with Crippen LogP contribution in [-0.4, -0.2) is 12.6 Å². The summed E-state index contributed by atoms with van der Waals surface area (Å²) in [5.41, 5.74) is 0. The summed E-state index contributed by atoms with van der Waals surface area (Å²) in [6.07, 6.45) is 8.55. The van der Waals surface area contributed by atoms with Gasteiger partial charge in [-0.15, -0.1) is 0 Å². The van der Waals surface area contributed by atoms with Crippen LogP contribution in [0.25, 0.3) is 0 Å². The molecule has 0 bridgehead atoms. The van der Waals surface area contributed by atoms with Crippen molar-refractivity contribution in [3.8, 4) is 0 Å². The maximum atomic E-state index is 3.67. The molecule has 1 nitrogen and oxygen atoms in total.